The smallest absolute Gasteiger partial charge is 0.229 e. The number of nitrogens with two attached hydrogens (primary N) is 1. The van der Waals surface area contributed by atoms with Crippen molar-refractivity contribution in [2.45, 2.75) is 17.2 Å². The first-order chi connectivity index (χ1) is 7.66. The van der Waals surface area contributed by atoms with E-state index in [0.717, 1.165) is 4.34 Å². The summed E-state index contributed by atoms with van der Waals surface area (Å²) in [4.78, 5) is 23.9. The molecule has 6 nitrogen and oxygen atoms in total. The molecule has 2 amide bonds. The lowest BCUT2D eigenvalue weighted by Crippen LogP contribution is -2.31. The molecule has 1 aromatic heterocycles. The molecule has 0 spiro atoms. The third kappa shape index (κ3) is 2.50. The van der Waals surface area contributed by atoms with E-state index in [2.05, 4.69) is 10.2 Å². The van der Waals surface area contributed by atoms with Gasteiger partial charge in [0, 0.05) is 25.1 Å². The van der Waals surface area contributed by atoms with Crippen LogP contribution in [-0.4, -0.2) is 39.2 Å². The van der Waals surface area contributed by atoms with Gasteiger partial charge in [-0.05, 0) is 0 Å². The van der Waals surface area contributed by atoms with Crippen LogP contribution in [-0.2, 0) is 9.59 Å². The molecule has 0 atom stereocenters. The van der Waals surface area contributed by atoms with Crippen LogP contribution in [0.5, 0.6) is 0 Å². The quantitative estimate of drug-likeness (QED) is 0.619. The molecule has 1 fully saturated rings. The Balaban J connectivity index is 1.80. The van der Waals surface area contributed by atoms with E-state index in [1.54, 1.807) is 0 Å². The maximum absolute atomic E-state index is 11.3. The average Bonchev–Trinajstić information content (AvgIpc) is 2.78. The lowest BCUT2D eigenvalue weighted by atomic mass is 10.4. The van der Waals surface area contributed by atoms with E-state index < -0.39 is 0 Å². The third-order valence-electron chi connectivity index (χ3n) is 2.12. The molecule has 1 aliphatic rings. The molecule has 1 aromatic rings. The van der Waals surface area contributed by atoms with Crippen LogP contribution < -0.4 is 5.73 Å². The first kappa shape index (κ1) is 11.3. The lowest BCUT2D eigenvalue weighted by molar-refractivity contribution is -0.137. The van der Waals surface area contributed by atoms with Crippen LogP contribution >= 0.6 is 23.1 Å². The van der Waals surface area contributed by atoms with Crippen molar-refractivity contribution in [3.05, 3.63) is 0 Å². The molecule has 0 saturated carbocycles. The summed E-state index contributed by atoms with van der Waals surface area (Å²) >= 11 is 2.75. The van der Waals surface area contributed by atoms with E-state index in [1.165, 1.54) is 28.0 Å². The second-order valence-corrected chi connectivity index (χ2v) is 5.54. The predicted octanol–water partition coefficient (Wildman–Crippen LogP) is 0.361. The molecule has 0 aliphatic carbocycles. The van der Waals surface area contributed by atoms with Crippen LogP contribution in [0.1, 0.15) is 12.8 Å². The van der Waals surface area contributed by atoms with E-state index in [9.17, 15) is 9.59 Å². The number of likely N-dealkylation sites (tertiary alicyclic amines) is 1. The Kier molecular flexibility index (Phi) is 3.39. The predicted molar refractivity (Wildman–Crippen MR) is 61.0 cm³/mol. The van der Waals surface area contributed by atoms with Crippen LogP contribution in [0.4, 0.5) is 5.13 Å². The second-order valence-electron chi connectivity index (χ2n) is 3.19. The Bertz CT molecular complexity index is 404. The van der Waals surface area contributed by atoms with Gasteiger partial charge < -0.3 is 5.73 Å². The first-order valence-electron chi connectivity index (χ1n) is 4.72. The number of carbonyl (C=O) groups is 2. The number of hydrogen-bond donors (Lipinski definition) is 1. The molecule has 0 bridgehead atoms. The molecule has 16 heavy (non-hydrogen) atoms. The maximum Gasteiger partial charge on any atom is 0.229 e. The van der Waals surface area contributed by atoms with Gasteiger partial charge in [-0.3, -0.25) is 14.5 Å². The molecular formula is C8H10N4O2S2. The SMILES string of the molecule is Nc1nnc(SCCN2C(=O)CCC2=O)s1. The van der Waals surface area contributed by atoms with Crippen molar-refractivity contribution < 1.29 is 9.59 Å². The molecular weight excluding hydrogens is 248 g/mol. The Labute approximate surface area is 100 Å². The highest BCUT2D eigenvalue weighted by atomic mass is 32.2. The summed E-state index contributed by atoms with van der Waals surface area (Å²) in [7, 11) is 0. The fourth-order valence-electron chi connectivity index (χ4n) is 1.38. The van der Waals surface area contributed by atoms with Crippen LogP contribution in [0, 0.1) is 0 Å². The van der Waals surface area contributed by atoms with E-state index in [-0.39, 0.29) is 11.8 Å². The number of carbonyl (C=O) groups excluding carboxylic acids is 2. The summed E-state index contributed by atoms with van der Waals surface area (Å²) in [6.07, 6.45) is 0.685. The number of nitrogen functional groups attached to an aromatic ring is 1. The summed E-state index contributed by atoms with van der Waals surface area (Å²) in [5.74, 6) is 0.469. The van der Waals surface area contributed by atoms with Crippen molar-refractivity contribution >= 4 is 40.0 Å². The highest BCUT2D eigenvalue weighted by Crippen LogP contribution is 2.24. The monoisotopic (exact) mass is 258 g/mol. The summed E-state index contributed by atoms with van der Waals surface area (Å²) in [5, 5.41) is 7.94. The van der Waals surface area contributed by atoms with Gasteiger partial charge in [0.1, 0.15) is 0 Å². The van der Waals surface area contributed by atoms with Gasteiger partial charge in [0.2, 0.25) is 16.9 Å². The molecule has 8 heteroatoms. The molecule has 0 radical (unpaired) electrons. The standard InChI is InChI=1S/C8H10N4O2S2/c9-7-10-11-8(16-7)15-4-3-12-5(13)1-2-6(12)14/h1-4H2,(H2,9,10). The van der Waals surface area contributed by atoms with Gasteiger partial charge in [-0.15, -0.1) is 10.2 Å². The second kappa shape index (κ2) is 4.79. The zero-order chi connectivity index (χ0) is 11.5. The molecule has 2 heterocycles. The Morgan fingerprint density at radius 1 is 1.31 bits per heavy atom. The van der Waals surface area contributed by atoms with Gasteiger partial charge in [-0.2, -0.15) is 0 Å². The van der Waals surface area contributed by atoms with E-state index in [4.69, 9.17) is 5.73 Å². The minimum atomic E-state index is -0.0811. The van der Waals surface area contributed by atoms with E-state index in [0.29, 0.717) is 30.3 Å². The van der Waals surface area contributed by atoms with Crippen molar-refractivity contribution in [2.75, 3.05) is 18.0 Å². The zero-order valence-corrected chi connectivity index (χ0v) is 10.0. The molecule has 2 N–H and O–H groups in total. The number of thioether (sulfide) groups is 1. The highest BCUT2D eigenvalue weighted by molar-refractivity contribution is 8.01. The third-order valence-corrected chi connectivity index (χ3v) is 3.98. The number of amides is 2. The van der Waals surface area contributed by atoms with Gasteiger partial charge in [-0.25, -0.2) is 0 Å². The van der Waals surface area contributed by atoms with Crippen molar-refractivity contribution in [3.8, 4) is 0 Å². The van der Waals surface area contributed by atoms with E-state index in [1.807, 2.05) is 0 Å². The van der Waals surface area contributed by atoms with Gasteiger partial charge >= 0.3 is 0 Å². The number of nitrogens with zero attached hydrogens (tertiary/aromatic N) is 3. The Hall–Kier alpha value is -1.15. The molecule has 86 valence electrons. The summed E-state index contributed by atoms with van der Waals surface area (Å²) in [6, 6.07) is 0. The first-order valence-corrected chi connectivity index (χ1v) is 6.52. The van der Waals surface area contributed by atoms with Crippen LogP contribution in [0.15, 0.2) is 4.34 Å². The van der Waals surface area contributed by atoms with Gasteiger partial charge in [0.05, 0.1) is 0 Å². The average molecular weight is 258 g/mol. The fraction of sp³-hybridized carbons (Fsp3) is 0.500. The van der Waals surface area contributed by atoms with Gasteiger partial charge in [0.15, 0.2) is 4.34 Å². The zero-order valence-electron chi connectivity index (χ0n) is 8.38. The summed E-state index contributed by atoms with van der Waals surface area (Å²) in [5.41, 5.74) is 5.43. The topological polar surface area (TPSA) is 89.2 Å². The summed E-state index contributed by atoms with van der Waals surface area (Å²) in [6.45, 7) is 0.432. The number of hydrogen-bond acceptors (Lipinski definition) is 7. The van der Waals surface area contributed by atoms with Crippen LogP contribution in [0.2, 0.25) is 0 Å². The lowest BCUT2D eigenvalue weighted by Gasteiger charge is -2.11. The Morgan fingerprint density at radius 2 is 2.00 bits per heavy atom. The fourth-order valence-corrected chi connectivity index (χ4v) is 3.01. The van der Waals surface area contributed by atoms with Crippen LogP contribution in [0.3, 0.4) is 0 Å². The Morgan fingerprint density at radius 3 is 2.56 bits per heavy atom. The van der Waals surface area contributed by atoms with Crippen molar-refractivity contribution in [1.82, 2.24) is 15.1 Å². The van der Waals surface area contributed by atoms with Crippen molar-refractivity contribution in [2.24, 2.45) is 0 Å². The number of imide groups is 1. The van der Waals surface area contributed by atoms with Gasteiger partial charge in [0.25, 0.3) is 0 Å². The largest absolute Gasteiger partial charge is 0.374 e. The highest BCUT2D eigenvalue weighted by Gasteiger charge is 2.28. The number of aromatic nitrogens is 2. The molecule has 0 aromatic carbocycles. The molecule has 0 unspecified atom stereocenters. The molecule has 1 aliphatic heterocycles. The van der Waals surface area contributed by atoms with E-state index >= 15 is 0 Å². The minimum absolute atomic E-state index is 0.0811. The normalized spacial score (nSPS) is 16.1. The van der Waals surface area contributed by atoms with Crippen molar-refractivity contribution in [1.29, 1.82) is 0 Å². The summed E-state index contributed by atoms with van der Waals surface area (Å²) < 4.78 is 0.761. The number of rotatable bonds is 4. The van der Waals surface area contributed by atoms with Crippen molar-refractivity contribution in [3.63, 3.8) is 0 Å². The number of anilines is 1. The van der Waals surface area contributed by atoms with Gasteiger partial charge in [-0.1, -0.05) is 23.1 Å². The molecule has 2 rings (SSSR count). The molecule has 1 saturated heterocycles. The maximum atomic E-state index is 11.3. The minimum Gasteiger partial charge on any atom is -0.374 e. The van der Waals surface area contributed by atoms with Crippen LogP contribution in [0.25, 0.3) is 0 Å².